The Hall–Kier alpha value is -0.430. The first-order chi connectivity index (χ1) is 18.4. The van der Waals surface area contributed by atoms with Crippen LogP contribution >= 0.6 is 23.2 Å². The fourth-order valence-corrected chi connectivity index (χ4v) is 6.62. The summed E-state index contributed by atoms with van der Waals surface area (Å²) < 4.78 is 123. The van der Waals surface area contributed by atoms with Crippen molar-refractivity contribution in [2.75, 3.05) is 18.2 Å². The second kappa shape index (κ2) is 13.0. The van der Waals surface area contributed by atoms with E-state index in [1.54, 1.807) is 0 Å². The molecule has 0 unspecified atom stereocenters. The zero-order valence-corrected chi connectivity index (χ0v) is 32.0. The van der Waals surface area contributed by atoms with Crippen LogP contribution in [0.3, 0.4) is 0 Å². The van der Waals surface area contributed by atoms with E-state index in [0.717, 1.165) is 6.07 Å². The summed E-state index contributed by atoms with van der Waals surface area (Å²) >= 11 is 12.9. The molecule has 2 aliphatic heterocycles. The zero-order chi connectivity index (χ0) is 29.7. The fraction of sp³-hybridized carbons (Fsp3) is 0.0526. The summed E-state index contributed by atoms with van der Waals surface area (Å²) in [5.74, 6) is -2.07. The number of anilines is 3. The number of nitrogen functional groups attached to an aromatic ring is 1. The SMILES string of the molecule is COc1cc(N)c(S(=O)(=O)[O-])c2c1Nc1c(c(Cl)c3nc4cc(S(=O)(=O)[O-])c(=N)c(S(=O)(=O)[O-])c-4oc3c1Cl)O2.[Na+].[Na+].[Na+]. The summed E-state index contributed by atoms with van der Waals surface area (Å²) in [6.45, 7) is 0. The minimum atomic E-state index is -5.63. The second-order valence-electron chi connectivity index (χ2n) is 7.94. The third-order valence-electron chi connectivity index (χ3n) is 5.56. The van der Waals surface area contributed by atoms with Gasteiger partial charge in [-0.05, 0) is 6.07 Å². The number of fused-ring (bicyclic) bond motifs is 4. The molecule has 43 heavy (non-hydrogen) atoms. The third-order valence-corrected chi connectivity index (χ3v) is 8.94. The number of nitrogens with one attached hydrogen (secondary N) is 2. The van der Waals surface area contributed by atoms with Crippen LogP contribution in [0.1, 0.15) is 0 Å². The largest absolute Gasteiger partial charge is 1.00 e. The molecule has 2 aromatic carbocycles. The van der Waals surface area contributed by atoms with Gasteiger partial charge in [-0.15, -0.1) is 0 Å². The van der Waals surface area contributed by atoms with Crippen LogP contribution in [-0.4, -0.2) is 51.0 Å². The molecule has 0 spiro atoms. The normalized spacial score (nSPS) is 12.5. The number of aromatic nitrogens is 1. The van der Waals surface area contributed by atoms with Gasteiger partial charge in [-0.25, -0.2) is 30.2 Å². The Morgan fingerprint density at radius 1 is 0.907 bits per heavy atom. The number of nitrogens with zero attached hydrogens (tertiary/aromatic N) is 1. The van der Waals surface area contributed by atoms with Gasteiger partial charge in [0.25, 0.3) is 0 Å². The van der Waals surface area contributed by atoms with Crippen molar-refractivity contribution in [3.05, 3.63) is 27.5 Å². The van der Waals surface area contributed by atoms with Crippen molar-refractivity contribution in [1.82, 2.24) is 4.98 Å². The monoisotopic (exact) mass is 720 g/mol. The van der Waals surface area contributed by atoms with Crippen LogP contribution in [0.2, 0.25) is 10.0 Å². The van der Waals surface area contributed by atoms with E-state index in [0.29, 0.717) is 6.07 Å². The van der Waals surface area contributed by atoms with Crippen LogP contribution in [0.15, 0.2) is 31.2 Å². The van der Waals surface area contributed by atoms with Gasteiger partial charge in [0, 0.05) is 6.07 Å². The van der Waals surface area contributed by atoms with E-state index >= 15 is 0 Å². The fourth-order valence-electron chi connectivity index (χ4n) is 3.98. The molecule has 0 fully saturated rings. The molecule has 0 aromatic heterocycles. The van der Waals surface area contributed by atoms with Gasteiger partial charge in [0.15, 0.2) is 22.8 Å². The van der Waals surface area contributed by atoms with Crippen molar-refractivity contribution >= 4 is 81.7 Å². The number of hydrogen-bond donors (Lipinski definition) is 3. The van der Waals surface area contributed by atoms with Crippen LogP contribution in [0.4, 0.5) is 17.1 Å². The Kier molecular flexibility index (Phi) is 11.7. The maximum Gasteiger partial charge on any atom is 1.00 e. The van der Waals surface area contributed by atoms with E-state index in [9.17, 15) is 38.9 Å². The van der Waals surface area contributed by atoms with Crippen molar-refractivity contribution in [3.63, 3.8) is 0 Å². The quantitative estimate of drug-likeness (QED) is 0.0673. The Labute approximate surface area is 318 Å². The predicted octanol–water partition coefficient (Wildman–Crippen LogP) is -7.12. The van der Waals surface area contributed by atoms with Crippen molar-refractivity contribution in [1.29, 1.82) is 5.41 Å². The molecule has 2 heterocycles. The molecule has 0 atom stereocenters. The van der Waals surface area contributed by atoms with Crippen LogP contribution in [0.5, 0.6) is 17.2 Å². The summed E-state index contributed by atoms with van der Waals surface area (Å²) in [4.78, 5) is 0.112. The molecule has 2 aromatic rings. The van der Waals surface area contributed by atoms with Crippen LogP contribution in [0.25, 0.3) is 22.6 Å². The summed E-state index contributed by atoms with van der Waals surface area (Å²) in [5, 5.41) is 8.16. The number of rotatable bonds is 4. The molecule has 1 aliphatic carbocycles. The van der Waals surface area contributed by atoms with Crippen LogP contribution in [-0.2, 0) is 30.4 Å². The molecule has 3 aliphatic rings. The first-order valence-electron chi connectivity index (χ1n) is 10.1. The van der Waals surface area contributed by atoms with Gasteiger partial charge in [-0.2, -0.15) is 0 Å². The molecule has 0 saturated heterocycles. The summed E-state index contributed by atoms with van der Waals surface area (Å²) in [5.41, 5.74) is 3.09. The van der Waals surface area contributed by atoms with Gasteiger partial charge >= 0.3 is 88.7 Å². The number of methoxy groups -OCH3 is 1. The molecule has 24 heteroatoms. The number of halogens is 2. The summed E-state index contributed by atoms with van der Waals surface area (Å²) in [6.07, 6.45) is 0. The molecule has 0 radical (unpaired) electrons. The zero-order valence-electron chi connectivity index (χ0n) is 22.1. The third kappa shape index (κ3) is 6.57. The average molecular weight is 721 g/mol. The van der Waals surface area contributed by atoms with Crippen molar-refractivity contribution in [2.24, 2.45) is 0 Å². The van der Waals surface area contributed by atoms with E-state index in [1.807, 2.05) is 0 Å². The maximum atomic E-state index is 12.0. The molecule has 0 saturated carbocycles. The van der Waals surface area contributed by atoms with Gasteiger partial charge in [0.1, 0.15) is 78.5 Å². The number of ether oxygens (including phenoxy) is 2. The molecular weight excluding hydrogens is 712 g/mol. The molecule has 16 nitrogen and oxygen atoms in total. The molecule has 212 valence electrons. The molecule has 0 amide bonds. The first kappa shape index (κ1) is 38.8. The molecular formula is C19H9Cl2N4Na3O12S3. The first-order valence-corrected chi connectivity index (χ1v) is 15.0. The average Bonchev–Trinajstić information content (AvgIpc) is 2.82. The predicted molar refractivity (Wildman–Crippen MR) is 131 cm³/mol. The topological polar surface area (TPSA) is 278 Å². The number of hydrogen-bond acceptors (Lipinski definition) is 16. The Morgan fingerprint density at radius 3 is 2.00 bits per heavy atom. The van der Waals surface area contributed by atoms with Gasteiger partial charge in [0.05, 0.1) is 23.0 Å². The molecule has 4 N–H and O–H groups in total. The van der Waals surface area contributed by atoms with E-state index in [-0.39, 0.29) is 106 Å². The Bertz CT molecular complexity index is 2200. The van der Waals surface area contributed by atoms with Crippen LogP contribution in [0, 0.1) is 5.41 Å². The molecule has 5 rings (SSSR count). The summed E-state index contributed by atoms with van der Waals surface area (Å²) in [6, 6.07) is 1.51. The van der Waals surface area contributed by atoms with Crippen molar-refractivity contribution < 1.29 is 141 Å². The maximum absolute atomic E-state index is 12.0. The summed E-state index contributed by atoms with van der Waals surface area (Å²) in [7, 11) is -15.2. The van der Waals surface area contributed by atoms with Gasteiger partial charge in [-0.1, -0.05) is 23.2 Å². The smallest absolute Gasteiger partial charge is 0.744 e. The van der Waals surface area contributed by atoms with E-state index in [4.69, 9.17) is 48.2 Å². The van der Waals surface area contributed by atoms with Gasteiger partial charge in [-0.3, -0.25) is 5.41 Å². The molecule has 0 bridgehead atoms. The van der Waals surface area contributed by atoms with E-state index in [1.165, 1.54) is 7.11 Å². The van der Waals surface area contributed by atoms with E-state index < -0.39 is 100 Å². The standard InChI is InChI=1S/C19H12Cl2N4O12S3.3Na/c1-35-6-2-4(22)18(39(29,30)31)17-11(6)25-13-9(21)15-12(8(20)16(13)37-17)24-5-3-7(38(26,27)28)10(23)19(14(5)36-15)40(32,33)34;;;/h2-3,23,25H,22H2,1H3,(H,26,27,28)(H,29,30,31)(H,32,33,34);;;/q;3*+1/p-3. The van der Waals surface area contributed by atoms with Crippen LogP contribution < -0.4 is 115 Å². The van der Waals surface area contributed by atoms with Crippen molar-refractivity contribution in [2.45, 2.75) is 14.7 Å². The number of nitrogens with two attached hydrogens (primary N) is 1. The minimum absolute atomic E-state index is 0. The number of benzene rings is 3. The second-order valence-corrected chi connectivity index (χ2v) is 12.7. The van der Waals surface area contributed by atoms with Crippen molar-refractivity contribution in [3.8, 4) is 28.7 Å². The minimum Gasteiger partial charge on any atom is -0.744 e. The Balaban J connectivity index is 0.00000215. The van der Waals surface area contributed by atoms with Gasteiger partial charge in [0.2, 0.25) is 0 Å². The Morgan fingerprint density at radius 2 is 1.49 bits per heavy atom. The van der Waals surface area contributed by atoms with E-state index in [2.05, 4.69) is 10.3 Å². The van der Waals surface area contributed by atoms with Gasteiger partial charge < -0.3 is 38.6 Å².